The van der Waals surface area contributed by atoms with Crippen molar-refractivity contribution < 1.29 is 9.52 Å². The van der Waals surface area contributed by atoms with E-state index in [4.69, 9.17) is 4.42 Å². The molecule has 0 aliphatic heterocycles. The molecule has 4 nitrogen and oxygen atoms in total. The first-order valence-corrected chi connectivity index (χ1v) is 7.99. The van der Waals surface area contributed by atoms with Crippen LogP contribution in [-0.2, 0) is 13.2 Å². The molecule has 1 N–H and O–H groups in total. The van der Waals surface area contributed by atoms with Crippen LogP contribution in [0.15, 0.2) is 27.4 Å². The summed E-state index contributed by atoms with van der Waals surface area (Å²) in [4.78, 5) is 11.9. The molecule has 1 heterocycles. The van der Waals surface area contributed by atoms with Gasteiger partial charge < -0.3 is 9.52 Å². The molecule has 0 saturated carbocycles. The van der Waals surface area contributed by atoms with Crippen LogP contribution < -0.4 is 5.76 Å². The van der Waals surface area contributed by atoms with Gasteiger partial charge in [-0.3, -0.25) is 4.57 Å². The lowest BCUT2D eigenvalue weighted by Crippen LogP contribution is -2.14. The van der Waals surface area contributed by atoms with Crippen molar-refractivity contribution in [1.82, 2.24) is 4.57 Å². The van der Waals surface area contributed by atoms with Gasteiger partial charge in [-0.25, -0.2) is 4.79 Å². The number of fused-ring (bicyclic) bond motifs is 1. The number of aromatic nitrogens is 1. The third kappa shape index (κ3) is 4.21. The van der Waals surface area contributed by atoms with Gasteiger partial charge in [0.25, 0.3) is 0 Å². The average Bonchev–Trinajstić information content (AvgIpc) is 2.81. The van der Waals surface area contributed by atoms with Crippen LogP contribution in [-0.4, -0.2) is 9.67 Å². The van der Waals surface area contributed by atoms with E-state index in [1.165, 1.54) is 32.1 Å². The van der Waals surface area contributed by atoms with E-state index in [2.05, 4.69) is 6.92 Å². The highest BCUT2D eigenvalue weighted by Crippen LogP contribution is 2.16. The Labute approximate surface area is 125 Å². The molecule has 116 valence electrons. The number of aliphatic hydroxyl groups is 1. The molecule has 0 atom stereocenters. The average molecular weight is 291 g/mol. The third-order valence-corrected chi connectivity index (χ3v) is 3.90. The summed E-state index contributed by atoms with van der Waals surface area (Å²) in [5, 5.41) is 9.19. The molecule has 0 unspecified atom stereocenters. The van der Waals surface area contributed by atoms with E-state index in [9.17, 15) is 9.90 Å². The molecule has 1 aromatic carbocycles. The lowest BCUT2D eigenvalue weighted by atomic mass is 10.1. The van der Waals surface area contributed by atoms with Crippen LogP contribution in [0.3, 0.4) is 0 Å². The number of aliphatic hydroxyl groups excluding tert-OH is 1. The molecular weight excluding hydrogens is 266 g/mol. The monoisotopic (exact) mass is 291 g/mol. The van der Waals surface area contributed by atoms with Crippen molar-refractivity contribution in [2.24, 2.45) is 0 Å². The summed E-state index contributed by atoms with van der Waals surface area (Å²) in [6, 6.07) is 5.37. The Morgan fingerprint density at radius 3 is 2.52 bits per heavy atom. The number of oxazole rings is 1. The van der Waals surface area contributed by atoms with E-state index < -0.39 is 0 Å². The summed E-state index contributed by atoms with van der Waals surface area (Å²) < 4.78 is 6.92. The zero-order chi connectivity index (χ0) is 15.1. The fourth-order valence-electron chi connectivity index (χ4n) is 2.64. The standard InChI is InChI=1S/C17H25NO3/c1-2-3-4-5-6-7-8-11-18-15-12-14(13-19)9-10-16(15)21-17(18)20/h9-10,12,19H,2-8,11,13H2,1H3. The summed E-state index contributed by atoms with van der Waals surface area (Å²) in [6.07, 6.45) is 8.53. The zero-order valence-electron chi connectivity index (χ0n) is 12.8. The summed E-state index contributed by atoms with van der Waals surface area (Å²) >= 11 is 0. The maximum atomic E-state index is 11.9. The first-order valence-electron chi connectivity index (χ1n) is 7.99. The smallest absolute Gasteiger partial charge is 0.408 e. The highest BCUT2D eigenvalue weighted by Gasteiger charge is 2.09. The fraction of sp³-hybridized carbons (Fsp3) is 0.588. The van der Waals surface area contributed by atoms with E-state index in [-0.39, 0.29) is 12.4 Å². The van der Waals surface area contributed by atoms with E-state index in [0.29, 0.717) is 12.1 Å². The third-order valence-electron chi connectivity index (χ3n) is 3.90. The van der Waals surface area contributed by atoms with Gasteiger partial charge in [0.1, 0.15) is 0 Å². The van der Waals surface area contributed by atoms with Crippen LogP contribution in [0.1, 0.15) is 57.4 Å². The lowest BCUT2D eigenvalue weighted by molar-refractivity contribution is 0.282. The zero-order valence-corrected chi connectivity index (χ0v) is 12.8. The molecule has 4 heteroatoms. The molecule has 0 saturated heterocycles. The summed E-state index contributed by atoms with van der Waals surface area (Å²) in [5.74, 6) is -0.300. The van der Waals surface area contributed by atoms with Gasteiger partial charge in [-0.15, -0.1) is 0 Å². The molecule has 0 bridgehead atoms. The van der Waals surface area contributed by atoms with Crippen molar-refractivity contribution in [3.8, 4) is 0 Å². The highest BCUT2D eigenvalue weighted by atomic mass is 16.4. The van der Waals surface area contributed by atoms with Crippen molar-refractivity contribution >= 4 is 11.1 Å². The second-order valence-corrected chi connectivity index (χ2v) is 5.60. The van der Waals surface area contributed by atoms with Gasteiger partial charge in [0.2, 0.25) is 0 Å². The van der Waals surface area contributed by atoms with E-state index in [0.717, 1.165) is 23.9 Å². The topological polar surface area (TPSA) is 55.4 Å². The Bertz CT molecular complexity index is 612. The number of hydrogen-bond acceptors (Lipinski definition) is 3. The van der Waals surface area contributed by atoms with Crippen molar-refractivity contribution in [3.05, 3.63) is 34.3 Å². The van der Waals surface area contributed by atoms with Crippen molar-refractivity contribution in [1.29, 1.82) is 0 Å². The van der Waals surface area contributed by atoms with Crippen LogP contribution in [0.5, 0.6) is 0 Å². The van der Waals surface area contributed by atoms with Gasteiger partial charge in [-0.1, -0.05) is 51.5 Å². The normalized spacial score (nSPS) is 11.3. The maximum absolute atomic E-state index is 11.9. The first kappa shape index (κ1) is 15.8. The molecule has 2 aromatic rings. The Morgan fingerprint density at radius 2 is 1.81 bits per heavy atom. The van der Waals surface area contributed by atoms with Gasteiger partial charge in [0, 0.05) is 6.54 Å². The van der Waals surface area contributed by atoms with Gasteiger partial charge >= 0.3 is 5.76 Å². The molecule has 21 heavy (non-hydrogen) atoms. The van der Waals surface area contributed by atoms with Gasteiger partial charge in [0.15, 0.2) is 5.58 Å². The first-order chi connectivity index (χ1) is 10.3. The van der Waals surface area contributed by atoms with Gasteiger partial charge in [-0.05, 0) is 24.1 Å². The molecule has 0 amide bonds. The minimum absolute atomic E-state index is 0.0211. The molecule has 0 aliphatic rings. The summed E-state index contributed by atoms with van der Waals surface area (Å²) in [6.45, 7) is 2.89. The molecule has 1 aromatic heterocycles. The van der Waals surface area contributed by atoms with E-state index in [1.807, 2.05) is 6.07 Å². The predicted octanol–water partition coefficient (Wildman–Crippen LogP) is 3.84. The van der Waals surface area contributed by atoms with Crippen molar-refractivity contribution in [3.63, 3.8) is 0 Å². The Hall–Kier alpha value is -1.55. The van der Waals surface area contributed by atoms with E-state index >= 15 is 0 Å². The highest BCUT2D eigenvalue weighted by molar-refractivity contribution is 5.73. The molecular formula is C17H25NO3. The molecule has 0 aliphatic carbocycles. The molecule has 2 rings (SSSR count). The van der Waals surface area contributed by atoms with Crippen molar-refractivity contribution in [2.45, 2.75) is 65.0 Å². The van der Waals surface area contributed by atoms with Gasteiger partial charge in [0.05, 0.1) is 12.1 Å². The fourth-order valence-corrected chi connectivity index (χ4v) is 2.64. The molecule has 0 spiro atoms. The largest absolute Gasteiger partial charge is 0.419 e. The minimum Gasteiger partial charge on any atom is -0.408 e. The number of nitrogens with zero attached hydrogens (tertiary/aromatic N) is 1. The van der Waals surface area contributed by atoms with E-state index in [1.54, 1.807) is 16.7 Å². The second-order valence-electron chi connectivity index (χ2n) is 5.60. The Kier molecular flexibility index (Phi) is 6.05. The number of aryl methyl sites for hydroxylation is 1. The summed E-state index contributed by atoms with van der Waals surface area (Å²) in [5.41, 5.74) is 2.19. The quantitative estimate of drug-likeness (QED) is 0.714. The number of rotatable bonds is 9. The van der Waals surface area contributed by atoms with Crippen LogP contribution >= 0.6 is 0 Å². The van der Waals surface area contributed by atoms with Crippen LogP contribution in [0.2, 0.25) is 0 Å². The molecule has 0 radical (unpaired) electrons. The lowest BCUT2D eigenvalue weighted by Gasteiger charge is -2.03. The molecule has 0 fully saturated rings. The predicted molar refractivity (Wildman–Crippen MR) is 84.4 cm³/mol. The minimum atomic E-state index is -0.300. The maximum Gasteiger partial charge on any atom is 0.419 e. The van der Waals surface area contributed by atoms with Gasteiger partial charge in [-0.2, -0.15) is 0 Å². The number of unbranched alkanes of at least 4 members (excludes halogenated alkanes) is 6. The van der Waals surface area contributed by atoms with Crippen LogP contribution in [0, 0.1) is 0 Å². The van der Waals surface area contributed by atoms with Crippen LogP contribution in [0.4, 0.5) is 0 Å². The second kappa shape index (κ2) is 8.03. The Balaban J connectivity index is 1.92. The van der Waals surface area contributed by atoms with Crippen LogP contribution in [0.25, 0.3) is 11.1 Å². The number of benzene rings is 1. The number of hydrogen-bond donors (Lipinski definition) is 1. The van der Waals surface area contributed by atoms with Crippen molar-refractivity contribution in [2.75, 3.05) is 0 Å². The SMILES string of the molecule is CCCCCCCCCn1c(=O)oc2ccc(CO)cc21. The Morgan fingerprint density at radius 1 is 1.10 bits per heavy atom. The summed E-state index contributed by atoms with van der Waals surface area (Å²) in [7, 11) is 0.